The SMILES string of the molecule is CC(C)CN(CCC(N)=S)C(=O)C1CCCCC1. The molecule has 3 nitrogen and oxygen atoms in total. The summed E-state index contributed by atoms with van der Waals surface area (Å²) in [6.45, 7) is 5.78. The molecule has 0 aromatic carbocycles. The molecular weight excluding hydrogens is 244 g/mol. The van der Waals surface area contributed by atoms with E-state index in [4.69, 9.17) is 18.0 Å². The molecule has 1 amide bonds. The topological polar surface area (TPSA) is 46.3 Å². The van der Waals surface area contributed by atoms with E-state index in [-0.39, 0.29) is 5.92 Å². The molecule has 0 aromatic rings. The molecule has 18 heavy (non-hydrogen) atoms. The van der Waals surface area contributed by atoms with Gasteiger partial charge in [0.05, 0.1) is 4.99 Å². The second-order valence-corrected chi connectivity index (χ2v) is 6.25. The lowest BCUT2D eigenvalue weighted by molar-refractivity contribution is -0.137. The fourth-order valence-corrected chi connectivity index (χ4v) is 2.68. The van der Waals surface area contributed by atoms with E-state index in [9.17, 15) is 4.79 Å². The average molecular weight is 270 g/mol. The molecule has 0 saturated heterocycles. The number of hydrogen-bond donors (Lipinski definition) is 1. The van der Waals surface area contributed by atoms with E-state index in [0.29, 0.717) is 29.8 Å². The summed E-state index contributed by atoms with van der Waals surface area (Å²) in [6.07, 6.45) is 6.42. The second-order valence-electron chi connectivity index (χ2n) is 5.73. The minimum atomic E-state index is 0.240. The van der Waals surface area contributed by atoms with Crippen molar-refractivity contribution >= 4 is 23.1 Å². The van der Waals surface area contributed by atoms with Gasteiger partial charge in [-0.25, -0.2) is 0 Å². The quantitative estimate of drug-likeness (QED) is 0.755. The van der Waals surface area contributed by atoms with Crippen molar-refractivity contribution < 1.29 is 4.79 Å². The summed E-state index contributed by atoms with van der Waals surface area (Å²) in [5.74, 6) is 1.05. The summed E-state index contributed by atoms with van der Waals surface area (Å²) >= 11 is 4.91. The van der Waals surface area contributed by atoms with Crippen molar-refractivity contribution in [1.82, 2.24) is 4.90 Å². The Labute approximate surface area is 116 Å². The molecule has 1 rings (SSSR count). The van der Waals surface area contributed by atoms with Crippen LogP contribution in [0.1, 0.15) is 52.4 Å². The molecule has 2 N–H and O–H groups in total. The predicted octanol–water partition coefficient (Wildman–Crippen LogP) is 2.73. The normalized spacial score (nSPS) is 16.8. The standard InChI is InChI=1S/C14H26N2OS/c1-11(2)10-16(9-8-13(15)18)14(17)12-6-4-3-5-7-12/h11-12H,3-10H2,1-2H3,(H2,15,18). The Hall–Kier alpha value is -0.640. The van der Waals surface area contributed by atoms with Crippen LogP contribution in [0.3, 0.4) is 0 Å². The van der Waals surface area contributed by atoms with Crippen molar-refractivity contribution in [3.63, 3.8) is 0 Å². The van der Waals surface area contributed by atoms with Crippen molar-refractivity contribution in [3.8, 4) is 0 Å². The van der Waals surface area contributed by atoms with Crippen LogP contribution in [0, 0.1) is 11.8 Å². The Morgan fingerprint density at radius 1 is 1.33 bits per heavy atom. The Morgan fingerprint density at radius 3 is 2.44 bits per heavy atom. The molecule has 1 saturated carbocycles. The van der Waals surface area contributed by atoms with E-state index < -0.39 is 0 Å². The first-order valence-corrected chi connectivity index (χ1v) is 7.48. The first-order valence-electron chi connectivity index (χ1n) is 7.07. The van der Waals surface area contributed by atoms with Gasteiger partial charge in [-0.1, -0.05) is 45.3 Å². The number of nitrogens with two attached hydrogens (primary N) is 1. The molecule has 0 atom stereocenters. The molecule has 1 fully saturated rings. The minimum Gasteiger partial charge on any atom is -0.393 e. The van der Waals surface area contributed by atoms with Gasteiger partial charge >= 0.3 is 0 Å². The second kappa shape index (κ2) is 7.72. The van der Waals surface area contributed by atoms with Crippen LogP contribution in [0.4, 0.5) is 0 Å². The van der Waals surface area contributed by atoms with Crippen LogP contribution in [0.2, 0.25) is 0 Å². The highest BCUT2D eigenvalue weighted by Gasteiger charge is 2.26. The van der Waals surface area contributed by atoms with Gasteiger partial charge in [0.25, 0.3) is 0 Å². The lowest BCUT2D eigenvalue weighted by Gasteiger charge is -2.30. The highest BCUT2D eigenvalue weighted by molar-refractivity contribution is 7.80. The van der Waals surface area contributed by atoms with Gasteiger partial charge in [-0.2, -0.15) is 0 Å². The zero-order valence-corrected chi connectivity index (χ0v) is 12.5. The van der Waals surface area contributed by atoms with Crippen LogP contribution in [-0.2, 0) is 4.79 Å². The Balaban J connectivity index is 2.55. The maximum Gasteiger partial charge on any atom is 0.225 e. The number of nitrogens with zero attached hydrogens (tertiary/aromatic N) is 1. The zero-order valence-electron chi connectivity index (χ0n) is 11.7. The molecule has 4 heteroatoms. The highest BCUT2D eigenvalue weighted by atomic mass is 32.1. The molecule has 0 radical (unpaired) electrons. The van der Waals surface area contributed by atoms with Crippen LogP contribution in [0.5, 0.6) is 0 Å². The van der Waals surface area contributed by atoms with Gasteiger partial charge < -0.3 is 10.6 Å². The van der Waals surface area contributed by atoms with Crippen molar-refractivity contribution in [1.29, 1.82) is 0 Å². The van der Waals surface area contributed by atoms with Gasteiger partial charge in [0.15, 0.2) is 0 Å². The highest BCUT2D eigenvalue weighted by Crippen LogP contribution is 2.25. The first kappa shape index (κ1) is 15.4. The van der Waals surface area contributed by atoms with Gasteiger partial charge in [-0.3, -0.25) is 4.79 Å². The number of carbonyl (C=O) groups excluding carboxylic acids is 1. The number of carbonyl (C=O) groups is 1. The number of thiocarbonyl (C=S) groups is 1. The summed E-state index contributed by atoms with van der Waals surface area (Å²) in [5, 5.41) is 0. The van der Waals surface area contributed by atoms with Crippen molar-refractivity contribution in [2.75, 3.05) is 13.1 Å². The van der Waals surface area contributed by atoms with E-state index in [1.54, 1.807) is 0 Å². The Bertz CT molecular complexity index is 286. The summed E-state index contributed by atoms with van der Waals surface area (Å²) in [6, 6.07) is 0. The molecule has 0 unspecified atom stereocenters. The van der Waals surface area contributed by atoms with Crippen LogP contribution in [-0.4, -0.2) is 28.9 Å². The van der Waals surface area contributed by atoms with Gasteiger partial charge in [0, 0.05) is 25.4 Å². The van der Waals surface area contributed by atoms with Crippen LogP contribution in [0.25, 0.3) is 0 Å². The fraction of sp³-hybridized carbons (Fsp3) is 0.857. The molecule has 0 heterocycles. The maximum absolute atomic E-state index is 12.5. The van der Waals surface area contributed by atoms with Crippen LogP contribution in [0.15, 0.2) is 0 Å². The molecule has 0 spiro atoms. The van der Waals surface area contributed by atoms with Crippen LogP contribution >= 0.6 is 12.2 Å². The lowest BCUT2D eigenvalue weighted by atomic mass is 9.88. The average Bonchev–Trinajstić information content (AvgIpc) is 2.34. The van der Waals surface area contributed by atoms with Gasteiger partial charge in [-0.05, 0) is 18.8 Å². The molecule has 0 aliphatic heterocycles. The molecule has 0 aromatic heterocycles. The monoisotopic (exact) mass is 270 g/mol. The molecule has 104 valence electrons. The number of rotatable bonds is 6. The predicted molar refractivity (Wildman–Crippen MR) is 79.4 cm³/mol. The number of hydrogen-bond acceptors (Lipinski definition) is 2. The van der Waals surface area contributed by atoms with E-state index in [0.717, 1.165) is 19.4 Å². The molecule has 1 aliphatic rings. The van der Waals surface area contributed by atoms with Gasteiger partial charge in [0.2, 0.25) is 5.91 Å². The van der Waals surface area contributed by atoms with E-state index in [2.05, 4.69) is 13.8 Å². The van der Waals surface area contributed by atoms with Crippen LogP contribution < -0.4 is 5.73 Å². The number of amides is 1. The largest absolute Gasteiger partial charge is 0.393 e. The molecule has 1 aliphatic carbocycles. The summed E-state index contributed by atoms with van der Waals surface area (Å²) in [7, 11) is 0. The Kier molecular flexibility index (Phi) is 6.61. The lowest BCUT2D eigenvalue weighted by Crippen LogP contribution is -2.40. The summed E-state index contributed by atoms with van der Waals surface area (Å²) < 4.78 is 0. The Morgan fingerprint density at radius 2 is 1.94 bits per heavy atom. The van der Waals surface area contributed by atoms with Crippen molar-refractivity contribution in [2.45, 2.75) is 52.4 Å². The third-order valence-electron chi connectivity index (χ3n) is 3.48. The third-order valence-corrected chi connectivity index (χ3v) is 3.68. The maximum atomic E-state index is 12.5. The zero-order chi connectivity index (χ0) is 13.5. The fourth-order valence-electron chi connectivity index (χ4n) is 2.59. The van der Waals surface area contributed by atoms with Gasteiger partial charge in [-0.15, -0.1) is 0 Å². The minimum absolute atomic E-state index is 0.240. The summed E-state index contributed by atoms with van der Waals surface area (Å²) in [4.78, 5) is 15.0. The van der Waals surface area contributed by atoms with E-state index in [1.165, 1.54) is 19.3 Å². The molecule has 0 bridgehead atoms. The molecular formula is C14H26N2OS. The van der Waals surface area contributed by atoms with E-state index in [1.807, 2.05) is 4.90 Å². The van der Waals surface area contributed by atoms with E-state index >= 15 is 0 Å². The van der Waals surface area contributed by atoms with Crippen molar-refractivity contribution in [2.24, 2.45) is 17.6 Å². The first-order chi connectivity index (χ1) is 8.50. The third kappa shape index (κ3) is 5.34. The van der Waals surface area contributed by atoms with Gasteiger partial charge in [0.1, 0.15) is 0 Å². The van der Waals surface area contributed by atoms with Crippen molar-refractivity contribution in [3.05, 3.63) is 0 Å². The summed E-state index contributed by atoms with van der Waals surface area (Å²) in [5.41, 5.74) is 5.54. The smallest absolute Gasteiger partial charge is 0.225 e.